The minimum absolute atomic E-state index is 0.0217. The Hall–Kier alpha value is -3.27. The molecular formula is C20H21F3N6O. The largest absolute Gasteiger partial charge is 0.433 e. The monoisotopic (exact) mass is 418 g/mol. The first-order valence-corrected chi connectivity index (χ1v) is 9.27. The Morgan fingerprint density at radius 2 is 1.77 bits per heavy atom. The highest BCUT2D eigenvalue weighted by molar-refractivity contribution is 5.70. The fourth-order valence-corrected chi connectivity index (χ4v) is 2.74. The molecule has 1 aromatic carbocycles. The number of aliphatic hydroxyl groups is 1. The van der Waals surface area contributed by atoms with Crippen molar-refractivity contribution >= 4 is 17.6 Å². The number of rotatable bonds is 7. The second-order valence-electron chi connectivity index (χ2n) is 6.70. The lowest BCUT2D eigenvalue weighted by Gasteiger charge is -2.14. The van der Waals surface area contributed by atoms with Gasteiger partial charge < -0.3 is 15.7 Å². The van der Waals surface area contributed by atoms with Crippen LogP contribution in [0.15, 0.2) is 42.9 Å². The van der Waals surface area contributed by atoms with E-state index in [1.165, 1.54) is 0 Å². The molecule has 3 rings (SSSR count). The maximum atomic E-state index is 12.9. The van der Waals surface area contributed by atoms with Crippen LogP contribution in [0, 0.1) is 6.92 Å². The fraction of sp³-hybridized carbons (Fsp3) is 0.300. The van der Waals surface area contributed by atoms with Crippen LogP contribution < -0.4 is 10.6 Å². The number of aryl methyl sites for hydroxylation is 1. The quantitative estimate of drug-likeness (QED) is 0.530. The van der Waals surface area contributed by atoms with Crippen LogP contribution in [0.2, 0.25) is 0 Å². The van der Waals surface area contributed by atoms with Crippen molar-refractivity contribution in [3.63, 3.8) is 0 Å². The summed E-state index contributed by atoms with van der Waals surface area (Å²) < 4.78 is 38.6. The number of benzene rings is 1. The number of nitrogens with one attached hydrogen (secondary N) is 2. The highest BCUT2D eigenvalue weighted by Gasteiger charge is 2.32. The van der Waals surface area contributed by atoms with Gasteiger partial charge in [0, 0.05) is 29.8 Å². The molecule has 0 aliphatic rings. The summed E-state index contributed by atoms with van der Waals surface area (Å²) in [6, 6.07) is 6.13. The Morgan fingerprint density at radius 3 is 2.40 bits per heavy atom. The first-order valence-electron chi connectivity index (χ1n) is 9.27. The number of aromatic nitrogens is 4. The molecule has 1 atom stereocenters. The molecule has 2 heterocycles. The standard InChI is InChI=1S/C20H21F3N6O/c1-3-15(11-30)27-18-25-9-14(10-26-18)13-6-12(2)7-16(8-13)28-19-24-5-4-17(29-19)20(21,22)23/h4-10,15,30H,3,11H2,1-2H3,(H,24,28,29)(H,25,26,27). The SMILES string of the molecule is CCC(CO)Nc1ncc(-c2cc(C)cc(Nc3nccc(C(F)(F)F)n3)c2)cn1. The average molecular weight is 418 g/mol. The van der Waals surface area contributed by atoms with E-state index in [4.69, 9.17) is 0 Å². The number of hydrogen-bond donors (Lipinski definition) is 3. The van der Waals surface area contributed by atoms with Crippen molar-refractivity contribution in [2.75, 3.05) is 17.2 Å². The molecule has 3 N–H and O–H groups in total. The summed E-state index contributed by atoms with van der Waals surface area (Å²) in [6.07, 6.45) is 0.519. The molecule has 0 spiro atoms. The molecule has 10 heteroatoms. The summed E-state index contributed by atoms with van der Waals surface area (Å²) in [7, 11) is 0. The zero-order valence-electron chi connectivity index (χ0n) is 16.4. The van der Waals surface area contributed by atoms with Gasteiger partial charge in [0.25, 0.3) is 0 Å². The highest BCUT2D eigenvalue weighted by atomic mass is 19.4. The van der Waals surface area contributed by atoms with Gasteiger partial charge in [-0.05, 0) is 42.7 Å². The molecule has 0 aliphatic heterocycles. The van der Waals surface area contributed by atoms with E-state index in [0.717, 1.165) is 35.4 Å². The average Bonchev–Trinajstić information content (AvgIpc) is 2.71. The molecule has 0 bridgehead atoms. The Labute approximate surface area is 171 Å². The van der Waals surface area contributed by atoms with Crippen LogP contribution in [0.1, 0.15) is 24.6 Å². The molecule has 7 nitrogen and oxygen atoms in total. The number of anilines is 3. The van der Waals surface area contributed by atoms with E-state index in [9.17, 15) is 18.3 Å². The van der Waals surface area contributed by atoms with Gasteiger partial charge in [-0.1, -0.05) is 13.0 Å². The van der Waals surface area contributed by atoms with E-state index < -0.39 is 11.9 Å². The van der Waals surface area contributed by atoms with Gasteiger partial charge in [-0.3, -0.25) is 0 Å². The lowest BCUT2D eigenvalue weighted by molar-refractivity contribution is -0.141. The fourth-order valence-electron chi connectivity index (χ4n) is 2.74. The number of hydrogen-bond acceptors (Lipinski definition) is 7. The molecule has 1 unspecified atom stereocenters. The molecule has 3 aromatic rings. The maximum Gasteiger partial charge on any atom is 0.433 e. The predicted molar refractivity (Wildman–Crippen MR) is 107 cm³/mol. The Bertz CT molecular complexity index is 991. The molecule has 30 heavy (non-hydrogen) atoms. The van der Waals surface area contributed by atoms with E-state index in [-0.39, 0.29) is 18.6 Å². The Balaban J connectivity index is 1.82. The lowest BCUT2D eigenvalue weighted by atomic mass is 10.1. The minimum atomic E-state index is -4.54. The number of halogens is 3. The van der Waals surface area contributed by atoms with Gasteiger partial charge in [0.2, 0.25) is 11.9 Å². The van der Waals surface area contributed by atoms with Crippen LogP contribution >= 0.6 is 0 Å². The summed E-state index contributed by atoms with van der Waals surface area (Å²) in [4.78, 5) is 15.9. The molecule has 0 fully saturated rings. The van der Waals surface area contributed by atoms with Crippen molar-refractivity contribution in [3.8, 4) is 11.1 Å². The molecule has 158 valence electrons. The maximum absolute atomic E-state index is 12.9. The topological polar surface area (TPSA) is 95.8 Å². The van der Waals surface area contributed by atoms with Crippen LogP contribution in [0.3, 0.4) is 0 Å². The second kappa shape index (κ2) is 9.04. The number of alkyl halides is 3. The van der Waals surface area contributed by atoms with Gasteiger partial charge in [0.15, 0.2) is 0 Å². The summed E-state index contributed by atoms with van der Waals surface area (Å²) >= 11 is 0. The molecule has 0 amide bonds. The van der Waals surface area contributed by atoms with Gasteiger partial charge in [0.05, 0.1) is 12.6 Å². The van der Waals surface area contributed by atoms with Crippen molar-refractivity contribution in [1.29, 1.82) is 0 Å². The third kappa shape index (κ3) is 5.41. The van der Waals surface area contributed by atoms with Crippen LogP contribution in [0.25, 0.3) is 11.1 Å². The summed E-state index contributed by atoms with van der Waals surface area (Å²) in [5.41, 5.74) is 1.92. The van der Waals surface area contributed by atoms with Crippen LogP contribution in [-0.2, 0) is 6.18 Å². The predicted octanol–water partition coefficient (Wildman–Crippen LogP) is 4.19. The first-order chi connectivity index (χ1) is 14.3. The van der Waals surface area contributed by atoms with E-state index >= 15 is 0 Å². The molecular weight excluding hydrogens is 397 g/mol. The van der Waals surface area contributed by atoms with Gasteiger partial charge in [-0.15, -0.1) is 0 Å². The Morgan fingerprint density at radius 1 is 1.03 bits per heavy atom. The van der Waals surface area contributed by atoms with Crippen molar-refractivity contribution in [3.05, 3.63) is 54.1 Å². The first kappa shape index (κ1) is 21.4. The van der Waals surface area contributed by atoms with Crippen LogP contribution in [0.4, 0.5) is 30.8 Å². The molecule has 0 aliphatic carbocycles. The van der Waals surface area contributed by atoms with E-state index in [1.54, 1.807) is 24.5 Å². The number of nitrogens with zero attached hydrogens (tertiary/aromatic N) is 4. The summed E-state index contributed by atoms with van der Waals surface area (Å²) in [5, 5.41) is 15.1. The van der Waals surface area contributed by atoms with Gasteiger partial charge in [-0.25, -0.2) is 19.9 Å². The second-order valence-corrected chi connectivity index (χ2v) is 6.70. The van der Waals surface area contributed by atoms with Gasteiger partial charge in [-0.2, -0.15) is 13.2 Å². The zero-order chi connectivity index (χ0) is 21.7. The van der Waals surface area contributed by atoms with E-state index in [2.05, 4.69) is 30.6 Å². The summed E-state index contributed by atoms with van der Waals surface area (Å²) in [6.45, 7) is 3.79. The third-order valence-corrected chi connectivity index (χ3v) is 4.31. The highest BCUT2D eigenvalue weighted by Crippen LogP contribution is 2.29. The number of aliphatic hydroxyl groups excluding tert-OH is 1. The minimum Gasteiger partial charge on any atom is -0.394 e. The molecule has 0 saturated heterocycles. The van der Waals surface area contributed by atoms with E-state index in [1.807, 2.05) is 19.9 Å². The van der Waals surface area contributed by atoms with Crippen molar-refractivity contribution in [2.24, 2.45) is 0 Å². The molecule has 2 aromatic heterocycles. The smallest absolute Gasteiger partial charge is 0.394 e. The summed E-state index contributed by atoms with van der Waals surface area (Å²) in [5.74, 6) is 0.259. The Kier molecular flexibility index (Phi) is 6.46. The molecule has 0 radical (unpaired) electrons. The van der Waals surface area contributed by atoms with E-state index in [0.29, 0.717) is 11.6 Å². The zero-order valence-corrected chi connectivity index (χ0v) is 16.4. The van der Waals surface area contributed by atoms with Crippen molar-refractivity contribution in [1.82, 2.24) is 19.9 Å². The van der Waals surface area contributed by atoms with Crippen molar-refractivity contribution < 1.29 is 18.3 Å². The lowest BCUT2D eigenvalue weighted by Crippen LogP contribution is -2.23. The molecule has 0 saturated carbocycles. The third-order valence-electron chi connectivity index (χ3n) is 4.31. The van der Waals surface area contributed by atoms with Gasteiger partial charge in [0.1, 0.15) is 5.69 Å². The van der Waals surface area contributed by atoms with Crippen LogP contribution in [0.5, 0.6) is 0 Å². The normalized spacial score (nSPS) is 12.5. The van der Waals surface area contributed by atoms with Crippen molar-refractivity contribution in [2.45, 2.75) is 32.5 Å². The van der Waals surface area contributed by atoms with Gasteiger partial charge >= 0.3 is 6.18 Å². The van der Waals surface area contributed by atoms with Crippen LogP contribution in [-0.4, -0.2) is 37.7 Å².